The van der Waals surface area contributed by atoms with E-state index in [4.69, 9.17) is 0 Å². The topological polar surface area (TPSA) is 86.6 Å². The van der Waals surface area contributed by atoms with Crippen molar-refractivity contribution in [2.45, 2.75) is 206 Å². The maximum atomic E-state index is 13.1. The van der Waals surface area contributed by atoms with Gasteiger partial charge in [0.05, 0.1) is 12.5 Å². The Bertz CT molecular complexity index is 590. The molecular formula is C36H71NO4. The van der Waals surface area contributed by atoms with Gasteiger partial charge in [0.25, 0.3) is 0 Å². The van der Waals surface area contributed by atoms with Crippen LogP contribution in [0.4, 0.5) is 0 Å². The first-order valence-corrected chi connectivity index (χ1v) is 18.1. The van der Waals surface area contributed by atoms with E-state index in [0.717, 1.165) is 38.5 Å². The van der Waals surface area contributed by atoms with Crippen molar-refractivity contribution in [1.82, 2.24) is 5.32 Å². The summed E-state index contributed by atoms with van der Waals surface area (Å²) in [7, 11) is 0. The van der Waals surface area contributed by atoms with Crippen molar-refractivity contribution in [2.24, 2.45) is 5.92 Å². The molecule has 0 bridgehead atoms. The molecule has 0 aromatic heterocycles. The molecular weight excluding hydrogens is 510 g/mol. The number of rotatable bonds is 32. The van der Waals surface area contributed by atoms with Crippen LogP contribution >= 0.6 is 0 Å². The van der Waals surface area contributed by atoms with Crippen LogP contribution in [-0.2, 0) is 9.59 Å². The minimum absolute atomic E-state index is 0.00922. The number of hydrogen-bond donors (Lipinski definition) is 3. The van der Waals surface area contributed by atoms with Gasteiger partial charge in [0.1, 0.15) is 5.78 Å². The first-order valence-electron chi connectivity index (χ1n) is 18.1. The highest BCUT2D eigenvalue weighted by atomic mass is 16.3. The summed E-state index contributed by atoms with van der Waals surface area (Å²) in [6.45, 7) is 5.68. The van der Waals surface area contributed by atoms with Gasteiger partial charge in [-0.15, -0.1) is 0 Å². The van der Waals surface area contributed by atoms with Crippen molar-refractivity contribution in [2.75, 3.05) is 6.61 Å². The Labute approximate surface area is 255 Å². The average Bonchev–Trinajstić information content (AvgIpc) is 2.97. The van der Waals surface area contributed by atoms with Gasteiger partial charge in [0.2, 0.25) is 5.91 Å². The van der Waals surface area contributed by atoms with E-state index in [2.05, 4.69) is 19.2 Å². The molecule has 244 valence electrons. The Hall–Kier alpha value is -0.940. The molecule has 2 atom stereocenters. The van der Waals surface area contributed by atoms with Gasteiger partial charge in [0, 0.05) is 6.42 Å². The van der Waals surface area contributed by atoms with E-state index < -0.39 is 24.2 Å². The molecule has 0 rings (SSSR count). The van der Waals surface area contributed by atoms with Crippen molar-refractivity contribution in [3.05, 3.63) is 0 Å². The van der Waals surface area contributed by atoms with Crippen LogP contribution in [0.25, 0.3) is 0 Å². The van der Waals surface area contributed by atoms with Gasteiger partial charge in [-0.1, -0.05) is 175 Å². The van der Waals surface area contributed by atoms with Gasteiger partial charge in [-0.2, -0.15) is 0 Å². The molecule has 2 unspecified atom stereocenters. The van der Waals surface area contributed by atoms with Crippen molar-refractivity contribution >= 4 is 11.7 Å². The van der Waals surface area contributed by atoms with Crippen molar-refractivity contribution < 1.29 is 19.8 Å². The van der Waals surface area contributed by atoms with Gasteiger partial charge in [-0.05, 0) is 19.3 Å². The zero-order valence-electron chi connectivity index (χ0n) is 27.8. The second-order valence-corrected chi connectivity index (χ2v) is 12.7. The molecule has 0 radical (unpaired) electrons. The number of hydrogen-bond acceptors (Lipinski definition) is 4. The average molecular weight is 582 g/mol. The molecule has 0 aliphatic rings. The molecule has 0 saturated carbocycles. The Balaban J connectivity index is 4.23. The Kier molecular flexibility index (Phi) is 28.5. The summed E-state index contributed by atoms with van der Waals surface area (Å²) < 4.78 is 0. The SMILES string of the molecule is CCCCCCCCCCCCCCCC(=O)C(CCCCCCCCCCCCCC)C(=O)NC(O)(CC)CO. The highest BCUT2D eigenvalue weighted by molar-refractivity contribution is 6.01. The molecule has 1 amide bonds. The summed E-state index contributed by atoms with van der Waals surface area (Å²) in [5, 5.41) is 22.5. The van der Waals surface area contributed by atoms with Crippen LogP contribution in [0, 0.1) is 5.92 Å². The summed E-state index contributed by atoms with van der Waals surface area (Å²) in [5.74, 6) is -1.16. The quantitative estimate of drug-likeness (QED) is 0.0419. The highest BCUT2D eigenvalue weighted by Crippen LogP contribution is 2.20. The summed E-state index contributed by atoms with van der Waals surface area (Å²) in [6.07, 6.45) is 32.5. The van der Waals surface area contributed by atoms with Crippen LogP contribution in [0.15, 0.2) is 0 Å². The van der Waals surface area contributed by atoms with E-state index in [1.165, 1.54) is 122 Å². The van der Waals surface area contributed by atoms with Gasteiger partial charge in [-0.3, -0.25) is 9.59 Å². The Morgan fingerprint density at radius 3 is 1.24 bits per heavy atom. The van der Waals surface area contributed by atoms with Gasteiger partial charge in [-0.25, -0.2) is 0 Å². The van der Waals surface area contributed by atoms with Crippen molar-refractivity contribution in [1.29, 1.82) is 0 Å². The number of amides is 1. The zero-order valence-corrected chi connectivity index (χ0v) is 27.8. The number of carbonyl (C=O) groups excluding carboxylic acids is 2. The first-order chi connectivity index (χ1) is 19.9. The lowest BCUT2D eigenvalue weighted by atomic mass is 9.91. The third-order valence-corrected chi connectivity index (χ3v) is 8.78. The summed E-state index contributed by atoms with van der Waals surface area (Å²) >= 11 is 0. The molecule has 0 heterocycles. The highest BCUT2D eigenvalue weighted by Gasteiger charge is 2.32. The normalized spacial score (nSPS) is 13.7. The molecule has 0 aliphatic heterocycles. The van der Waals surface area contributed by atoms with E-state index in [-0.39, 0.29) is 12.2 Å². The fourth-order valence-corrected chi connectivity index (χ4v) is 5.68. The minimum Gasteiger partial charge on any atom is -0.391 e. The Morgan fingerprint density at radius 1 is 0.561 bits per heavy atom. The van der Waals surface area contributed by atoms with Crippen LogP contribution < -0.4 is 5.32 Å². The lowest BCUT2D eigenvalue weighted by Gasteiger charge is -2.28. The maximum absolute atomic E-state index is 13.1. The predicted octanol–water partition coefficient (Wildman–Crippen LogP) is 9.95. The fraction of sp³-hybridized carbons (Fsp3) is 0.944. The molecule has 3 N–H and O–H groups in total. The van der Waals surface area contributed by atoms with E-state index in [1.54, 1.807) is 6.92 Å². The predicted molar refractivity (Wildman–Crippen MR) is 175 cm³/mol. The van der Waals surface area contributed by atoms with Gasteiger partial charge >= 0.3 is 0 Å². The van der Waals surface area contributed by atoms with E-state index >= 15 is 0 Å². The zero-order chi connectivity index (χ0) is 30.4. The number of aliphatic hydroxyl groups is 2. The first kappa shape index (κ1) is 40.1. The third-order valence-electron chi connectivity index (χ3n) is 8.78. The molecule has 5 heteroatoms. The summed E-state index contributed by atoms with van der Waals surface area (Å²) in [5.41, 5.74) is -1.65. The van der Waals surface area contributed by atoms with E-state index in [9.17, 15) is 19.8 Å². The van der Waals surface area contributed by atoms with Crippen LogP contribution in [0.3, 0.4) is 0 Å². The molecule has 0 spiro atoms. The van der Waals surface area contributed by atoms with Crippen LogP contribution in [0.2, 0.25) is 0 Å². The lowest BCUT2D eigenvalue weighted by Crippen LogP contribution is -2.53. The number of aliphatic hydroxyl groups excluding tert-OH is 1. The number of nitrogens with one attached hydrogen (secondary N) is 1. The summed E-state index contributed by atoms with van der Waals surface area (Å²) in [6, 6.07) is 0. The maximum Gasteiger partial charge on any atom is 0.232 e. The van der Waals surface area contributed by atoms with Crippen molar-refractivity contribution in [3.8, 4) is 0 Å². The molecule has 5 nitrogen and oxygen atoms in total. The molecule has 41 heavy (non-hydrogen) atoms. The van der Waals surface area contributed by atoms with Gasteiger partial charge in [0.15, 0.2) is 5.72 Å². The van der Waals surface area contributed by atoms with Crippen molar-refractivity contribution in [3.63, 3.8) is 0 Å². The lowest BCUT2D eigenvalue weighted by molar-refractivity contribution is -0.141. The molecule has 0 aliphatic carbocycles. The van der Waals surface area contributed by atoms with E-state index in [1.807, 2.05) is 0 Å². The van der Waals surface area contributed by atoms with Crippen LogP contribution in [0.5, 0.6) is 0 Å². The minimum atomic E-state index is -1.65. The molecule has 0 aromatic rings. The Morgan fingerprint density at radius 2 is 0.902 bits per heavy atom. The number of carbonyl (C=O) groups is 2. The standard InChI is InChI=1S/C36H71NO4/c1-4-7-9-11-13-15-17-19-21-23-25-27-29-31-34(39)33(35(40)37-36(41,6-3)32-38)30-28-26-24-22-20-18-16-14-12-10-8-5-2/h33,38,41H,4-32H2,1-3H3,(H,37,40). The van der Waals surface area contributed by atoms with E-state index in [0.29, 0.717) is 12.8 Å². The van der Waals surface area contributed by atoms with Crippen LogP contribution in [-0.4, -0.2) is 34.2 Å². The summed E-state index contributed by atoms with van der Waals surface area (Å²) in [4.78, 5) is 26.1. The largest absolute Gasteiger partial charge is 0.391 e. The number of Topliss-reactive ketones (excluding diaryl/α,β-unsaturated/α-hetero) is 1. The molecule has 0 fully saturated rings. The number of unbranched alkanes of at least 4 members (excludes halogenated alkanes) is 23. The molecule has 0 aromatic carbocycles. The fourth-order valence-electron chi connectivity index (χ4n) is 5.68. The number of ketones is 1. The van der Waals surface area contributed by atoms with Crippen LogP contribution in [0.1, 0.15) is 201 Å². The van der Waals surface area contributed by atoms with Gasteiger partial charge < -0.3 is 15.5 Å². The third kappa shape index (κ3) is 24.2. The molecule has 0 saturated heterocycles. The second kappa shape index (κ2) is 29.1. The smallest absolute Gasteiger partial charge is 0.232 e. The monoisotopic (exact) mass is 582 g/mol. The second-order valence-electron chi connectivity index (χ2n) is 12.7.